The normalized spacial score (nSPS) is 11.7. The minimum absolute atomic E-state index is 0.235. The highest BCUT2D eigenvalue weighted by molar-refractivity contribution is 6.42. The van der Waals surface area contributed by atoms with E-state index in [4.69, 9.17) is 32.7 Å². The second kappa shape index (κ2) is 10.4. The smallest absolute Gasteiger partial charge is 0.138 e. The molecular formula is C24H23Cl2NO2. The van der Waals surface area contributed by atoms with Gasteiger partial charge >= 0.3 is 0 Å². The molecule has 3 aromatic rings. The number of rotatable bonds is 8. The van der Waals surface area contributed by atoms with Gasteiger partial charge in [0, 0.05) is 5.71 Å². The van der Waals surface area contributed by atoms with Gasteiger partial charge in [0.25, 0.3) is 0 Å². The zero-order valence-electron chi connectivity index (χ0n) is 16.4. The maximum absolute atomic E-state index is 6.15. The summed E-state index contributed by atoms with van der Waals surface area (Å²) in [6, 6.07) is 23.1. The lowest BCUT2D eigenvalue weighted by molar-refractivity contribution is 0.128. The van der Waals surface area contributed by atoms with E-state index in [-0.39, 0.29) is 12.6 Å². The number of nitrogens with zero attached hydrogens (tertiary/aromatic N) is 1. The number of para-hydroxylation sites is 1. The Balaban J connectivity index is 1.61. The second-order valence-corrected chi connectivity index (χ2v) is 7.68. The number of halogens is 2. The van der Waals surface area contributed by atoms with E-state index < -0.39 is 0 Å². The van der Waals surface area contributed by atoms with Gasteiger partial charge in [-0.1, -0.05) is 73.4 Å². The molecule has 0 heterocycles. The number of hydrogen-bond acceptors (Lipinski definition) is 3. The SMILES string of the molecule is CC(C)C(=NCOCc1cccc(Oc2ccccc2)c1)c1ccc(Cl)c(Cl)c1. The zero-order valence-corrected chi connectivity index (χ0v) is 18.0. The molecule has 0 bridgehead atoms. The van der Waals surface area contributed by atoms with Crippen LogP contribution in [0.15, 0.2) is 77.8 Å². The van der Waals surface area contributed by atoms with Crippen LogP contribution in [0.2, 0.25) is 10.0 Å². The molecule has 3 nitrogen and oxygen atoms in total. The second-order valence-electron chi connectivity index (χ2n) is 6.87. The molecule has 0 unspecified atom stereocenters. The number of ether oxygens (including phenoxy) is 2. The molecule has 0 aliphatic heterocycles. The number of benzene rings is 3. The molecular weight excluding hydrogens is 405 g/mol. The highest BCUT2D eigenvalue weighted by atomic mass is 35.5. The standard InChI is InChI=1S/C24H23Cl2NO2/c1-17(2)24(19-11-12-22(25)23(26)14-19)27-16-28-15-18-7-6-10-21(13-18)29-20-8-4-3-5-9-20/h3-14,17H,15-16H2,1-2H3. The fourth-order valence-corrected chi connectivity index (χ4v) is 3.16. The topological polar surface area (TPSA) is 30.8 Å². The van der Waals surface area contributed by atoms with Crippen LogP contribution in [-0.2, 0) is 11.3 Å². The monoisotopic (exact) mass is 427 g/mol. The van der Waals surface area contributed by atoms with E-state index in [1.54, 1.807) is 6.07 Å². The summed E-state index contributed by atoms with van der Waals surface area (Å²) in [5, 5.41) is 1.06. The third-order valence-electron chi connectivity index (χ3n) is 4.23. The Morgan fingerprint density at radius 3 is 2.34 bits per heavy atom. The van der Waals surface area contributed by atoms with Gasteiger partial charge in [0.2, 0.25) is 0 Å². The van der Waals surface area contributed by atoms with Gasteiger partial charge in [-0.05, 0) is 53.4 Å². The van der Waals surface area contributed by atoms with E-state index >= 15 is 0 Å². The van der Waals surface area contributed by atoms with Crippen LogP contribution in [0.5, 0.6) is 11.5 Å². The van der Waals surface area contributed by atoms with Crippen LogP contribution >= 0.6 is 23.2 Å². The minimum Gasteiger partial charge on any atom is -0.457 e. The summed E-state index contributed by atoms with van der Waals surface area (Å²) >= 11 is 12.2. The van der Waals surface area contributed by atoms with Gasteiger partial charge in [-0.3, -0.25) is 4.99 Å². The van der Waals surface area contributed by atoms with Crippen LogP contribution in [-0.4, -0.2) is 12.4 Å². The summed E-state index contributed by atoms with van der Waals surface area (Å²) in [5.41, 5.74) is 2.91. The Hall–Kier alpha value is -2.33. The van der Waals surface area contributed by atoms with Crippen LogP contribution in [0.1, 0.15) is 25.0 Å². The Kier molecular flexibility index (Phi) is 7.70. The van der Waals surface area contributed by atoms with Crippen LogP contribution in [0.25, 0.3) is 0 Å². The Bertz CT molecular complexity index is 972. The highest BCUT2D eigenvalue weighted by Crippen LogP contribution is 2.25. The maximum atomic E-state index is 6.15. The van der Waals surface area contributed by atoms with Crippen molar-refractivity contribution in [2.24, 2.45) is 10.9 Å². The summed E-state index contributed by atoms with van der Waals surface area (Å²) in [4.78, 5) is 4.63. The Morgan fingerprint density at radius 2 is 1.62 bits per heavy atom. The quantitative estimate of drug-likeness (QED) is 0.276. The van der Waals surface area contributed by atoms with Crippen molar-refractivity contribution in [1.82, 2.24) is 0 Å². The summed E-state index contributed by atoms with van der Waals surface area (Å²) in [7, 11) is 0. The molecule has 29 heavy (non-hydrogen) atoms. The number of hydrogen-bond donors (Lipinski definition) is 0. The highest BCUT2D eigenvalue weighted by Gasteiger charge is 2.10. The molecule has 0 fully saturated rings. The Labute approximate surface area is 181 Å². The summed E-state index contributed by atoms with van der Waals surface area (Å²) in [6.45, 7) is 4.89. The molecule has 0 aromatic heterocycles. The fraction of sp³-hybridized carbons (Fsp3) is 0.208. The number of aliphatic imine (C=N–C) groups is 1. The van der Waals surface area contributed by atoms with Gasteiger partial charge in [0.15, 0.2) is 0 Å². The van der Waals surface area contributed by atoms with Crippen LogP contribution < -0.4 is 4.74 Å². The van der Waals surface area contributed by atoms with E-state index in [2.05, 4.69) is 18.8 Å². The van der Waals surface area contributed by atoms with Gasteiger partial charge in [-0.15, -0.1) is 0 Å². The van der Waals surface area contributed by atoms with Crippen molar-refractivity contribution in [3.8, 4) is 11.5 Å². The molecule has 5 heteroatoms. The lowest BCUT2D eigenvalue weighted by Gasteiger charge is -2.12. The van der Waals surface area contributed by atoms with E-state index in [0.29, 0.717) is 16.7 Å². The molecule has 0 atom stereocenters. The average Bonchev–Trinajstić information content (AvgIpc) is 2.71. The average molecular weight is 428 g/mol. The van der Waals surface area contributed by atoms with Crippen molar-refractivity contribution in [3.63, 3.8) is 0 Å². The first-order valence-corrected chi connectivity index (χ1v) is 10.2. The van der Waals surface area contributed by atoms with E-state index in [0.717, 1.165) is 28.3 Å². The van der Waals surface area contributed by atoms with Crippen molar-refractivity contribution in [2.75, 3.05) is 6.73 Å². The first-order valence-electron chi connectivity index (χ1n) is 9.42. The van der Waals surface area contributed by atoms with Crippen molar-refractivity contribution >= 4 is 28.9 Å². The molecule has 3 aromatic carbocycles. The molecule has 0 radical (unpaired) electrons. The van der Waals surface area contributed by atoms with Crippen LogP contribution in [0.4, 0.5) is 0 Å². The van der Waals surface area contributed by atoms with Crippen molar-refractivity contribution < 1.29 is 9.47 Å². The van der Waals surface area contributed by atoms with Gasteiger partial charge in [-0.2, -0.15) is 0 Å². The predicted octanol–water partition coefficient (Wildman–Crippen LogP) is 7.41. The Morgan fingerprint density at radius 1 is 0.862 bits per heavy atom. The molecule has 150 valence electrons. The molecule has 0 N–H and O–H groups in total. The van der Waals surface area contributed by atoms with E-state index in [1.807, 2.05) is 66.7 Å². The molecule has 0 aliphatic rings. The first-order chi connectivity index (χ1) is 14.0. The lowest BCUT2D eigenvalue weighted by Crippen LogP contribution is -2.11. The van der Waals surface area contributed by atoms with Crippen LogP contribution in [0, 0.1) is 5.92 Å². The molecule has 0 spiro atoms. The summed E-state index contributed by atoms with van der Waals surface area (Å²) in [6.07, 6.45) is 0. The molecule has 3 rings (SSSR count). The van der Waals surface area contributed by atoms with Gasteiger partial charge in [0.05, 0.1) is 16.7 Å². The predicted molar refractivity (Wildman–Crippen MR) is 120 cm³/mol. The summed E-state index contributed by atoms with van der Waals surface area (Å²) in [5.74, 6) is 1.82. The summed E-state index contributed by atoms with van der Waals surface area (Å²) < 4.78 is 11.6. The third-order valence-corrected chi connectivity index (χ3v) is 4.97. The van der Waals surface area contributed by atoms with Crippen LogP contribution in [0.3, 0.4) is 0 Å². The van der Waals surface area contributed by atoms with Gasteiger partial charge in [-0.25, -0.2) is 0 Å². The van der Waals surface area contributed by atoms with E-state index in [1.165, 1.54) is 0 Å². The maximum Gasteiger partial charge on any atom is 0.138 e. The largest absolute Gasteiger partial charge is 0.457 e. The molecule has 0 aliphatic carbocycles. The fourth-order valence-electron chi connectivity index (χ4n) is 2.86. The van der Waals surface area contributed by atoms with E-state index in [9.17, 15) is 0 Å². The van der Waals surface area contributed by atoms with Crippen molar-refractivity contribution in [1.29, 1.82) is 0 Å². The van der Waals surface area contributed by atoms with Gasteiger partial charge < -0.3 is 9.47 Å². The first kappa shape index (κ1) is 21.4. The minimum atomic E-state index is 0.235. The molecule has 0 saturated heterocycles. The lowest BCUT2D eigenvalue weighted by atomic mass is 10.00. The van der Waals surface area contributed by atoms with Crippen molar-refractivity contribution in [3.05, 3.63) is 94.0 Å². The van der Waals surface area contributed by atoms with Crippen molar-refractivity contribution in [2.45, 2.75) is 20.5 Å². The zero-order chi connectivity index (χ0) is 20.6. The van der Waals surface area contributed by atoms with Gasteiger partial charge in [0.1, 0.15) is 18.2 Å². The third kappa shape index (κ3) is 6.33. The molecule has 0 amide bonds. The molecule has 0 saturated carbocycles.